The first-order chi connectivity index (χ1) is 8.81. The van der Waals surface area contributed by atoms with Crippen molar-refractivity contribution in [2.75, 3.05) is 18.5 Å². The Morgan fingerprint density at radius 2 is 2.06 bits per heavy atom. The molecule has 2 aromatic rings. The van der Waals surface area contributed by atoms with Crippen LogP contribution in [0.3, 0.4) is 0 Å². The fraction of sp³-hybridized carbons (Fsp3) is 0.231. The fourth-order valence-corrected chi connectivity index (χ4v) is 1.51. The Bertz CT molecular complexity index is 530. The van der Waals surface area contributed by atoms with Gasteiger partial charge in [0.05, 0.1) is 18.2 Å². The molecule has 0 spiro atoms. The maximum absolute atomic E-state index is 8.53. The third-order valence-electron chi connectivity index (χ3n) is 2.53. The molecule has 0 fully saturated rings. The Balaban J connectivity index is 2.13. The van der Waals surface area contributed by atoms with Crippen LogP contribution in [-0.2, 0) is 0 Å². The molecule has 18 heavy (non-hydrogen) atoms. The van der Waals surface area contributed by atoms with Crippen LogP contribution in [0.25, 0.3) is 11.4 Å². The summed E-state index contributed by atoms with van der Waals surface area (Å²) in [4.78, 5) is 6.12. The maximum atomic E-state index is 8.53. The molecule has 0 saturated carbocycles. The Kier molecular flexibility index (Phi) is 3.82. The second-order valence-electron chi connectivity index (χ2n) is 3.82. The van der Waals surface area contributed by atoms with Crippen molar-refractivity contribution in [3.63, 3.8) is 0 Å². The van der Waals surface area contributed by atoms with Crippen LogP contribution in [0, 0.1) is 11.3 Å². The number of nitriles is 1. The molecule has 0 amide bonds. The van der Waals surface area contributed by atoms with E-state index in [1.54, 1.807) is 6.20 Å². The number of hydrogen-bond donors (Lipinski definition) is 0. The quantitative estimate of drug-likeness (QED) is 0.815. The lowest BCUT2D eigenvalue weighted by molar-refractivity contribution is 0.860. The predicted molar refractivity (Wildman–Crippen MR) is 68.8 cm³/mol. The first kappa shape index (κ1) is 12.0. The molecule has 0 aliphatic carbocycles. The van der Waals surface area contributed by atoms with E-state index in [-0.39, 0.29) is 0 Å². The topological polar surface area (TPSA) is 65.7 Å². The van der Waals surface area contributed by atoms with Crippen LogP contribution in [0.1, 0.15) is 6.42 Å². The van der Waals surface area contributed by atoms with E-state index in [1.807, 2.05) is 42.3 Å². The van der Waals surface area contributed by atoms with Gasteiger partial charge in [0, 0.05) is 19.8 Å². The highest BCUT2D eigenvalue weighted by atomic mass is 15.2. The first-order valence-corrected chi connectivity index (χ1v) is 5.64. The van der Waals surface area contributed by atoms with Gasteiger partial charge in [-0.1, -0.05) is 6.07 Å². The van der Waals surface area contributed by atoms with Gasteiger partial charge in [0.1, 0.15) is 5.69 Å². The molecular formula is C13H13N5. The number of pyridine rings is 1. The average Bonchev–Trinajstić information content (AvgIpc) is 2.46. The number of hydrogen-bond acceptors (Lipinski definition) is 5. The predicted octanol–water partition coefficient (Wildman–Crippen LogP) is 1.89. The SMILES string of the molecule is CN(CCC#N)c1ccc(-c2ccccn2)nn1. The largest absolute Gasteiger partial charge is 0.357 e. The van der Waals surface area contributed by atoms with Gasteiger partial charge in [0.15, 0.2) is 5.82 Å². The lowest BCUT2D eigenvalue weighted by atomic mass is 10.2. The lowest BCUT2D eigenvalue weighted by Crippen LogP contribution is -2.19. The molecular weight excluding hydrogens is 226 g/mol. The van der Waals surface area contributed by atoms with E-state index in [9.17, 15) is 0 Å². The monoisotopic (exact) mass is 239 g/mol. The zero-order valence-corrected chi connectivity index (χ0v) is 10.1. The van der Waals surface area contributed by atoms with Gasteiger partial charge in [-0.15, -0.1) is 10.2 Å². The van der Waals surface area contributed by atoms with Crippen molar-refractivity contribution < 1.29 is 0 Å². The first-order valence-electron chi connectivity index (χ1n) is 5.64. The number of anilines is 1. The third-order valence-corrected chi connectivity index (χ3v) is 2.53. The molecule has 0 radical (unpaired) electrons. The minimum atomic E-state index is 0.472. The minimum absolute atomic E-state index is 0.472. The van der Waals surface area contributed by atoms with Crippen LogP contribution in [0.5, 0.6) is 0 Å². The second kappa shape index (κ2) is 5.73. The van der Waals surface area contributed by atoms with Gasteiger partial charge in [0.2, 0.25) is 0 Å². The van der Waals surface area contributed by atoms with Crippen LogP contribution >= 0.6 is 0 Å². The Hall–Kier alpha value is -2.48. The van der Waals surface area contributed by atoms with Gasteiger partial charge in [-0.3, -0.25) is 4.98 Å². The summed E-state index contributed by atoms with van der Waals surface area (Å²) in [7, 11) is 1.89. The van der Waals surface area contributed by atoms with Gasteiger partial charge in [-0.05, 0) is 24.3 Å². The van der Waals surface area contributed by atoms with Crippen LogP contribution in [0.15, 0.2) is 36.5 Å². The molecule has 0 saturated heterocycles. The molecule has 0 atom stereocenters. The molecule has 2 rings (SSSR count). The molecule has 5 nitrogen and oxygen atoms in total. The van der Waals surface area contributed by atoms with Crippen LogP contribution in [0.4, 0.5) is 5.82 Å². The normalized spacial score (nSPS) is 9.78. The van der Waals surface area contributed by atoms with E-state index in [1.165, 1.54) is 0 Å². The molecule has 0 aliphatic heterocycles. The summed E-state index contributed by atoms with van der Waals surface area (Å²) >= 11 is 0. The highest BCUT2D eigenvalue weighted by molar-refractivity contribution is 5.54. The summed E-state index contributed by atoms with van der Waals surface area (Å²) < 4.78 is 0. The molecule has 0 unspecified atom stereocenters. The van der Waals surface area contributed by atoms with Crippen LogP contribution in [-0.4, -0.2) is 28.8 Å². The number of rotatable bonds is 4. The molecule has 0 aromatic carbocycles. The average molecular weight is 239 g/mol. The van der Waals surface area contributed by atoms with E-state index in [0.29, 0.717) is 13.0 Å². The second-order valence-corrected chi connectivity index (χ2v) is 3.82. The highest BCUT2D eigenvalue weighted by Crippen LogP contribution is 2.15. The fourth-order valence-electron chi connectivity index (χ4n) is 1.51. The summed E-state index contributed by atoms with van der Waals surface area (Å²) in [6.07, 6.45) is 2.20. The lowest BCUT2D eigenvalue weighted by Gasteiger charge is -2.15. The Labute approximate surface area is 106 Å². The molecule has 90 valence electrons. The molecule has 2 heterocycles. The van der Waals surface area contributed by atoms with Gasteiger partial charge >= 0.3 is 0 Å². The van der Waals surface area contributed by atoms with Crippen molar-refractivity contribution in [2.24, 2.45) is 0 Å². The number of nitrogens with zero attached hydrogens (tertiary/aromatic N) is 5. The van der Waals surface area contributed by atoms with Gasteiger partial charge in [0.25, 0.3) is 0 Å². The van der Waals surface area contributed by atoms with E-state index >= 15 is 0 Å². The number of aromatic nitrogens is 3. The summed E-state index contributed by atoms with van der Waals surface area (Å²) in [5, 5.41) is 16.8. The highest BCUT2D eigenvalue weighted by Gasteiger charge is 2.05. The van der Waals surface area contributed by atoms with Crippen LogP contribution < -0.4 is 4.90 Å². The van der Waals surface area contributed by atoms with Gasteiger partial charge in [-0.25, -0.2) is 0 Å². The smallest absolute Gasteiger partial charge is 0.151 e. The van der Waals surface area contributed by atoms with Crippen LogP contribution in [0.2, 0.25) is 0 Å². The molecule has 0 N–H and O–H groups in total. The van der Waals surface area contributed by atoms with E-state index < -0.39 is 0 Å². The molecule has 5 heteroatoms. The van der Waals surface area contributed by atoms with Crippen molar-refractivity contribution in [1.82, 2.24) is 15.2 Å². The minimum Gasteiger partial charge on any atom is -0.357 e. The standard InChI is InChI=1S/C13H13N5/c1-18(10-4-8-14)13-7-6-12(16-17-13)11-5-2-3-9-15-11/h2-3,5-7,9H,4,10H2,1H3. The summed E-state index contributed by atoms with van der Waals surface area (Å²) in [5.41, 5.74) is 1.55. The molecule has 0 aliphatic rings. The van der Waals surface area contributed by atoms with E-state index in [4.69, 9.17) is 5.26 Å². The Morgan fingerprint density at radius 3 is 2.67 bits per heavy atom. The molecule has 0 bridgehead atoms. The van der Waals surface area contributed by atoms with Gasteiger partial charge in [-0.2, -0.15) is 5.26 Å². The summed E-state index contributed by atoms with van der Waals surface area (Å²) in [5.74, 6) is 0.755. The van der Waals surface area contributed by atoms with E-state index in [2.05, 4.69) is 21.3 Å². The summed E-state index contributed by atoms with van der Waals surface area (Å²) in [6.45, 7) is 0.647. The van der Waals surface area contributed by atoms with E-state index in [0.717, 1.165) is 17.2 Å². The van der Waals surface area contributed by atoms with Gasteiger partial charge < -0.3 is 4.90 Å². The third kappa shape index (κ3) is 2.80. The zero-order chi connectivity index (χ0) is 12.8. The van der Waals surface area contributed by atoms with Crippen molar-refractivity contribution in [3.8, 4) is 17.5 Å². The van der Waals surface area contributed by atoms with Crippen molar-refractivity contribution >= 4 is 5.82 Å². The Morgan fingerprint density at radius 1 is 1.17 bits per heavy atom. The molecule has 2 aromatic heterocycles. The maximum Gasteiger partial charge on any atom is 0.151 e. The van der Waals surface area contributed by atoms with Crippen molar-refractivity contribution in [2.45, 2.75) is 6.42 Å². The zero-order valence-electron chi connectivity index (χ0n) is 10.1. The van der Waals surface area contributed by atoms with Crippen molar-refractivity contribution in [1.29, 1.82) is 5.26 Å². The summed E-state index contributed by atoms with van der Waals surface area (Å²) in [6, 6.07) is 11.5. The van der Waals surface area contributed by atoms with Crippen molar-refractivity contribution in [3.05, 3.63) is 36.5 Å².